The maximum Gasteiger partial charge on any atom is 0.238 e. The first-order chi connectivity index (χ1) is 13.1. The highest BCUT2D eigenvalue weighted by molar-refractivity contribution is 6.07. The van der Waals surface area contributed by atoms with Crippen LogP contribution in [0.5, 0.6) is 0 Å². The summed E-state index contributed by atoms with van der Waals surface area (Å²) < 4.78 is 0. The molecule has 3 rings (SSSR count). The van der Waals surface area contributed by atoms with E-state index in [1.54, 1.807) is 0 Å². The third kappa shape index (κ3) is 4.53. The van der Waals surface area contributed by atoms with Gasteiger partial charge in [-0.15, -0.1) is 0 Å². The largest absolute Gasteiger partial charge is 0.342 e. The zero-order valence-corrected chi connectivity index (χ0v) is 17.0. The molecule has 1 aliphatic carbocycles. The first-order valence-electron chi connectivity index (χ1n) is 10.7. The van der Waals surface area contributed by atoms with Crippen LogP contribution in [0.4, 0.5) is 0 Å². The van der Waals surface area contributed by atoms with E-state index in [4.69, 9.17) is 0 Å². The zero-order valence-electron chi connectivity index (χ0n) is 17.0. The number of nitrogens with zero attached hydrogens (tertiary/aromatic N) is 2. The minimum atomic E-state index is -0.726. The van der Waals surface area contributed by atoms with Crippen molar-refractivity contribution < 1.29 is 9.59 Å². The standard InChI is InChI=1S/C23H34N2O2/c1-3-14-24(15-4-2)21(26)23(12-13-23)22(27)25-16-10-20(11-17-25)18-19-8-6-5-7-9-19/h5-9,20H,3-4,10-18H2,1-2H3. The maximum absolute atomic E-state index is 13.2. The van der Waals surface area contributed by atoms with Crippen LogP contribution in [0.15, 0.2) is 30.3 Å². The van der Waals surface area contributed by atoms with E-state index in [-0.39, 0.29) is 11.8 Å². The molecule has 1 aromatic carbocycles. The van der Waals surface area contributed by atoms with Gasteiger partial charge in [-0.05, 0) is 56.4 Å². The lowest BCUT2D eigenvalue weighted by atomic mass is 9.89. The van der Waals surface area contributed by atoms with Crippen molar-refractivity contribution in [2.24, 2.45) is 11.3 Å². The normalized spacial score (nSPS) is 19.0. The number of amides is 2. The molecule has 27 heavy (non-hydrogen) atoms. The van der Waals surface area contributed by atoms with Crippen LogP contribution in [0.3, 0.4) is 0 Å². The number of rotatable bonds is 8. The summed E-state index contributed by atoms with van der Waals surface area (Å²) in [6.45, 7) is 7.31. The smallest absolute Gasteiger partial charge is 0.238 e. The molecule has 1 heterocycles. The molecule has 1 saturated heterocycles. The van der Waals surface area contributed by atoms with Gasteiger partial charge in [0.15, 0.2) is 0 Å². The maximum atomic E-state index is 13.2. The lowest BCUT2D eigenvalue weighted by molar-refractivity contribution is -0.150. The van der Waals surface area contributed by atoms with Crippen molar-refractivity contribution in [1.82, 2.24) is 9.80 Å². The minimum absolute atomic E-state index is 0.0857. The zero-order chi connectivity index (χ0) is 19.3. The van der Waals surface area contributed by atoms with Gasteiger partial charge in [-0.25, -0.2) is 0 Å². The molecular weight excluding hydrogens is 336 g/mol. The molecule has 0 bridgehead atoms. The van der Waals surface area contributed by atoms with Crippen LogP contribution in [0.1, 0.15) is 57.9 Å². The van der Waals surface area contributed by atoms with Gasteiger partial charge >= 0.3 is 0 Å². The Labute approximate surface area is 163 Å². The highest BCUT2D eigenvalue weighted by Gasteiger charge is 2.59. The number of hydrogen-bond donors (Lipinski definition) is 0. The molecule has 0 spiro atoms. The summed E-state index contributed by atoms with van der Waals surface area (Å²) in [7, 11) is 0. The summed E-state index contributed by atoms with van der Waals surface area (Å²) in [6, 6.07) is 10.6. The molecule has 148 valence electrons. The number of carbonyl (C=O) groups excluding carboxylic acids is 2. The van der Waals surface area contributed by atoms with Crippen molar-refractivity contribution in [2.75, 3.05) is 26.2 Å². The van der Waals surface area contributed by atoms with Crippen LogP contribution in [0, 0.1) is 11.3 Å². The number of likely N-dealkylation sites (tertiary alicyclic amines) is 1. The summed E-state index contributed by atoms with van der Waals surface area (Å²) in [5.74, 6) is 0.824. The molecule has 1 aromatic rings. The van der Waals surface area contributed by atoms with Crippen molar-refractivity contribution >= 4 is 11.8 Å². The Bertz CT molecular complexity index is 625. The van der Waals surface area contributed by atoms with Crippen LogP contribution in [-0.4, -0.2) is 47.8 Å². The molecule has 0 N–H and O–H groups in total. The second-order valence-electron chi connectivity index (χ2n) is 8.30. The summed E-state index contributed by atoms with van der Waals surface area (Å²) in [6.07, 6.45) is 6.53. The van der Waals surface area contributed by atoms with Gasteiger partial charge in [-0.3, -0.25) is 9.59 Å². The van der Waals surface area contributed by atoms with E-state index in [2.05, 4.69) is 44.2 Å². The molecule has 4 nitrogen and oxygen atoms in total. The van der Waals surface area contributed by atoms with Crippen LogP contribution in [0.2, 0.25) is 0 Å². The molecule has 2 aliphatic rings. The molecule has 1 aliphatic heterocycles. The van der Waals surface area contributed by atoms with E-state index in [1.807, 2.05) is 9.80 Å². The topological polar surface area (TPSA) is 40.6 Å². The van der Waals surface area contributed by atoms with E-state index >= 15 is 0 Å². The minimum Gasteiger partial charge on any atom is -0.342 e. The number of piperidine rings is 1. The summed E-state index contributed by atoms with van der Waals surface area (Å²) in [5.41, 5.74) is 0.655. The van der Waals surface area contributed by atoms with Gasteiger partial charge in [-0.1, -0.05) is 44.2 Å². The molecule has 0 radical (unpaired) electrons. The van der Waals surface area contributed by atoms with Crippen LogP contribution < -0.4 is 0 Å². The lowest BCUT2D eigenvalue weighted by Crippen LogP contribution is -2.49. The predicted octanol–water partition coefficient (Wildman–Crippen LogP) is 3.90. The third-order valence-corrected chi connectivity index (χ3v) is 6.11. The SMILES string of the molecule is CCCN(CCC)C(=O)C1(C(=O)N2CCC(Cc3ccccc3)CC2)CC1. The Morgan fingerprint density at radius 1 is 1.04 bits per heavy atom. The van der Waals surface area contributed by atoms with E-state index < -0.39 is 5.41 Å². The number of hydrogen-bond acceptors (Lipinski definition) is 2. The van der Waals surface area contributed by atoms with Crippen molar-refractivity contribution in [3.63, 3.8) is 0 Å². The fraction of sp³-hybridized carbons (Fsp3) is 0.652. The van der Waals surface area contributed by atoms with Gasteiger partial charge in [0.25, 0.3) is 0 Å². The van der Waals surface area contributed by atoms with E-state index in [1.165, 1.54) is 5.56 Å². The molecule has 0 aromatic heterocycles. The Hall–Kier alpha value is -1.84. The second kappa shape index (κ2) is 8.90. The van der Waals surface area contributed by atoms with E-state index in [0.29, 0.717) is 5.92 Å². The lowest BCUT2D eigenvalue weighted by Gasteiger charge is -2.35. The summed E-state index contributed by atoms with van der Waals surface area (Å²) >= 11 is 0. The molecular formula is C23H34N2O2. The van der Waals surface area contributed by atoms with Crippen LogP contribution in [0.25, 0.3) is 0 Å². The average molecular weight is 371 g/mol. The van der Waals surface area contributed by atoms with Gasteiger partial charge < -0.3 is 9.80 Å². The molecule has 0 atom stereocenters. The third-order valence-electron chi connectivity index (χ3n) is 6.11. The Morgan fingerprint density at radius 2 is 1.63 bits per heavy atom. The van der Waals surface area contributed by atoms with Gasteiger partial charge in [-0.2, -0.15) is 0 Å². The Morgan fingerprint density at radius 3 is 2.15 bits per heavy atom. The van der Waals surface area contributed by atoms with Gasteiger partial charge in [0.2, 0.25) is 11.8 Å². The van der Waals surface area contributed by atoms with Gasteiger partial charge in [0.05, 0.1) is 0 Å². The molecule has 2 amide bonds. The van der Waals surface area contributed by atoms with Crippen molar-refractivity contribution in [3.05, 3.63) is 35.9 Å². The summed E-state index contributed by atoms with van der Waals surface area (Å²) in [5, 5.41) is 0. The van der Waals surface area contributed by atoms with Crippen LogP contribution >= 0.6 is 0 Å². The highest BCUT2D eigenvalue weighted by Crippen LogP contribution is 2.49. The molecule has 2 fully saturated rings. The predicted molar refractivity (Wildman–Crippen MR) is 108 cm³/mol. The molecule has 0 unspecified atom stereocenters. The van der Waals surface area contributed by atoms with Crippen molar-refractivity contribution in [2.45, 2.75) is 58.8 Å². The van der Waals surface area contributed by atoms with Gasteiger partial charge in [0.1, 0.15) is 5.41 Å². The number of benzene rings is 1. The van der Waals surface area contributed by atoms with Crippen LogP contribution in [-0.2, 0) is 16.0 Å². The Balaban J connectivity index is 1.56. The average Bonchev–Trinajstić information content (AvgIpc) is 3.50. The second-order valence-corrected chi connectivity index (χ2v) is 8.30. The number of carbonyl (C=O) groups is 2. The molecule has 4 heteroatoms. The fourth-order valence-corrected chi connectivity index (χ4v) is 4.39. The summed E-state index contributed by atoms with van der Waals surface area (Å²) in [4.78, 5) is 30.2. The fourth-order valence-electron chi connectivity index (χ4n) is 4.39. The van der Waals surface area contributed by atoms with E-state index in [9.17, 15) is 9.59 Å². The molecule has 1 saturated carbocycles. The first-order valence-corrected chi connectivity index (χ1v) is 10.7. The quantitative estimate of drug-likeness (QED) is 0.651. The Kier molecular flexibility index (Phi) is 6.56. The van der Waals surface area contributed by atoms with Crippen molar-refractivity contribution in [1.29, 1.82) is 0 Å². The van der Waals surface area contributed by atoms with E-state index in [0.717, 1.165) is 71.1 Å². The van der Waals surface area contributed by atoms with Gasteiger partial charge in [0, 0.05) is 26.2 Å². The van der Waals surface area contributed by atoms with Crippen molar-refractivity contribution in [3.8, 4) is 0 Å². The first kappa shape index (κ1) is 19.9. The monoisotopic (exact) mass is 370 g/mol. The highest BCUT2D eigenvalue weighted by atomic mass is 16.2.